The van der Waals surface area contributed by atoms with E-state index >= 15 is 0 Å². The maximum atomic E-state index is 12.5. The van der Waals surface area contributed by atoms with E-state index in [2.05, 4.69) is 15.9 Å². The first kappa shape index (κ1) is 15.4. The minimum Gasteiger partial charge on any atom is -0.496 e. The molecule has 0 aliphatic heterocycles. The van der Waals surface area contributed by atoms with Crippen molar-refractivity contribution in [2.45, 2.75) is 6.54 Å². The lowest BCUT2D eigenvalue weighted by atomic mass is 10.1. The molecule has 1 amide bonds. The molecule has 4 nitrogen and oxygen atoms in total. The van der Waals surface area contributed by atoms with Gasteiger partial charge in [0.15, 0.2) is 0 Å². The van der Waals surface area contributed by atoms with Gasteiger partial charge in [-0.05, 0) is 24.3 Å². The van der Waals surface area contributed by atoms with Crippen molar-refractivity contribution in [2.75, 3.05) is 19.9 Å². The van der Waals surface area contributed by atoms with E-state index in [1.165, 1.54) is 0 Å². The minimum absolute atomic E-state index is 0.0890. The Labute approximate surface area is 132 Å². The number of anilines is 1. The molecule has 0 radical (unpaired) electrons. The molecule has 0 bridgehead atoms. The fourth-order valence-electron chi connectivity index (χ4n) is 2.12. The molecule has 0 unspecified atom stereocenters. The van der Waals surface area contributed by atoms with Crippen LogP contribution in [0, 0.1) is 0 Å². The molecule has 0 heterocycles. The topological polar surface area (TPSA) is 55.6 Å². The van der Waals surface area contributed by atoms with Gasteiger partial charge in [-0.15, -0.1) is 0 Å². The van der Waals surface area contributed by atoms with Gasteiger partial charge in [-0.3, -0.25) is 4.79 Å². The molecule has 2 aromatic rings. The van der Waals surface area contributed by atoms with Gasteiger partial charge in [-0.2, -0.15) is 0 Å². The molecule has 0 atom stereocenters. The first-order valence-electron chi connectivity index (χ1n) is 6.44. The minimum atomic E-state index is -0.0890. The van der Waals surface area contributed by atoms with Gasteiger partial charge in [0, 0.05) is 34.9 Å². The maximum Gasteiger partial charge on any atom is 0.254 e. The monoisotopic (exact) mass is 348 g/mol. The average molecular weight is 349 g/mol. The molecule has 2 N–H and O–H groups in total. The maximum absolute atomic E-state index is 12.5. The quantitative estimate of drug-likeness (QED) is 0.862. The number of halogens is 1. The number of rotatable bonds is 4. The summed E-state index contributed by atoms with van der Waals surface area (Å²) in [7, 11) is 3.38. The zero-order valence-electron chi connectivity index (χ0n) is 12.0. The highest BCUT2D eigenvalue weighted by Gasteiger charge is 2.14. The molecule has 0 aliphatic carbocycles. The van der Waals surface area contributed by atoms with Crippen LogP contribution in [0.4, 0.5) is 5.69 Å². The Morgan fingerprint density at radius 1 is 1.29 bits per heavy atom. The molecule has 2 aromatic carbocycles. The zero-order valence-corrected chi connectivity index (χ0v) is 13.6. The van der Waals surface area contributed by atoms with E-state index in [1.807, 2.05) is 24.3 Å². The third-order valence-electron chi connectivity index (χ3n) is 3.11. The van der Waals surface area contributed by atoms with E-state index in [4.69, 9.17) is 10.5 Å². The second-order valence-corrected chi connectivity index (χ2v) is 5.66. The molecule has 0 aromatic heterocycles. The second kappa shape index (κ2) is 6.63. The molecule has 0 fully saturated rings. The van der Waals surface area contributed by atoms with E-state index in [-0.39, 0.29) is 5.91 Å². The van der Waals surface area contributed by atoms with Crippen LogP contribution in [0.5, 0.6) is 5.75 Å². The Morgan fingerprint density at radius 2 is 2.00 bits per heavy atom. The van der Waals surface area contributed by atoms with E-state index in [9.17, 15) is 4.79 Å². The van der Waals surface area contributed by atoms with Gasteiger partial charge in [-0.1, -0.05) is 34.1 Å². The Morgan fingerprint density at radius 3 is 2.67 bits per heavy atom. The van der Waals surface area contributed by atoms with Gasteiger partial charge >= 0.3 is 0 Å². The first-order valence-corrected chi connectivity index (χ1v) is 7.24. The number of methoxy groups -OCH3 is 1. The molecule has 2 rings (SSSR count). The van der Waals surface area contributed by atoms with E-state index in [0.29, 0.717) is 17.8 Å². The first-order chi connectivity index (χ1) is 10.0. The average Bonchev–Trinajstić information content (AvgIpc) is 2.46. The summed E-state index contributed by atoms with van der Waals surface area (Å²) >= 11 is 3.35. The van der Waals surface area contributed by atoms with Crippen molar-refractivity contribution >= 4 is 27.5 Å². The number of hydrogen-bond acceptors (Lipinski definition) is 3. The summed E-state index contributed by atoms with van der Waals surface area (Å²) in [4.78, 5) is 14.1. The van der Waals surface area contributed by atoms with Gasteiger partial charge in [0.05, 0.1) is 7.11 Å². The molecule has 0 saturated carbocycles. The summed E-state index contributed by atoms with van der Waals surface area (Å²) in [6.45, 7) is 0.468. The summed E-state index contributed by atoms with van der Waals surface area (Å²) < 4.78 is 6.09. The molecule has 0 aliphatic rings. The van der Waals surface area contributed by atoms with Crippen molar-refractivity contribution in [3.63, 3.8) is 0 Å². The zero-order chi connectivity index (χ0) is 15.4. The van der Waals surface area contributed by atoms with Crippen molar-refractivity contribution in [2.24, 2.45) is 0 Å². The number of nitrogens with two attached hydrogens (primary N) is 1. The van der Waals surface area contributed by atoms with Crippen LogP contribution in [0.2, 0.25) is 0 Å². The Balaban J connectivity index is 2.19. The summed E-state index contributed by atoms with van der Waals surface area (Å²) in [5, 5.41) is 0. The van der Waals surface area contributed by atoms with Crippen LogP contribution in [-0.2, 0) is 6.54 Å². The summed E-state index contributed by atoms with van der Waals surface area (Å²) in [6, 6.07) is 12.8. The number of nitrogens with zero attached hydrogens (tertiary/aromatic N) is 1. The van der Waals surface area contributed by atoms with E-state index < -0.39 is 0 Å². The van der Waals surface area contributed by atoms with Crippen molar-refractivity contribution in [1.82, 2.24) is 4.90 Å². The fourth-order valence-corrected chi connectivity index (χ4v) is 2.63. The molecular weight excluding hydrogens is 332 g/mol. The number of ether oxygens (including phenoxy) is 1. The largest absolute Gasteiger partial charge is 0.496 e. The normalized spacial score (nSPS) is 10.2. The molecule has 0 spiro atoms. The number of hydrogen-bond donors (Lipinski definition) is 1. The smallest absolute Gasteiger partial charge is 0.254 e. The van der Waals surface area contributed by atoms with Crippen LogP contribution >= 0.6 is 15.9 Å². The number of amides is 1. The van der Waals surface area contributed by atoms with Gasteiger partial charge in [0.2, 0.25) is 0 Å². The highest BCUT2D eigenvalue weighted by molar-refractivity contribution is 9.10. The Hall–Kier alpha value is -2.01. The lowest BCUT2D eigenvalue weighted by molar-refractivity contribution is 0.0784. The molecule has 21 heavy (non-hydrogen) atoms. The third-order valence-corrected chi connectivity index (χ3v) is 3.57. The van der Waals surface area contributed by atoms with Crippen LogP contribution in [0.25, 0.3) is 0 Å². The second-order valence-electron chi connectivity index (χ2n) is 4.75. The van der Waals surface area contributed by atoms with Crippen LogP contribution in [-0.4, -0.2) is 25.0 Å². The van der Waals surface area contributed by atoms with Crippen LogP contribution < -0.4 is 10.5 Å². The number of carbonyl (C=O) groups excluding carboxylic acids is 1. The van der Waals surface area contributed by atoms with Crippen molar-refractivity contribution in [1.29, 1.82) is 0 Å². The lowest BCUT2D eigenvalue weighted by Crippen LogP contribution is -2.26. The predicted octanol–water partition coefficient (Wildman–Crippen LogP) is 3.31. The van der Waals surface area contributed by atoms with E-state index in [1.54, 1.807) is 37.3 Å². The predicted molar refractivity (Wildman–Crippen MR) is 87.3 cm³/mol. The van der Waals surface area contributed by atoms with Crippen molar-refractivity contribution < 1.29 is 9.53 Å². The lowest BCUT2D eigenvalue weighted by Gasteiger charge is -2.19. The number of para-hydroxylation sites is 1. The Bertz CT molecular complexity index is 638. The number of benzene rings is 2. The van der Waals surface area contributed by atoms with Crippen LogP contribution in [0.15, 0.2) is 46.9 Å². The van der Waals surface area contributed by atoms with Crippen LogP contribution in [0.3, 0.4) is 0 Å². The number of carbonyl (C=O) groups is 1. The highest BCUT2D eigenvalue weighted by Crippen LogP contribution is 2.21. The van der Waals surface area contributed by atoms with Gasteiger partial charge < -0.3 is 15.4 Å². The summed E-state index contributed by atoms with van der Waals surface area (Å²) in [5.74, 6) is 0.680. The third kappa shape index (κ3) is 3.76. The molecule has 0 saturated heterocycles. The summed E-state index contributed by atoms with van der Waals surface area (Å²) in [5.41, 5.74) is 7.84. The standard InChI is InChI=1S/C16H17BrN2O2/c1-19(10-11-5-3-4-6-15(11)21-2)16(20)12-7-13(17)9-14(18)8-12/h3-9H,10,18H2,1-2H3. The van der Waals surface area contributed by atoms with Gasteiger partial charge in [0.25, 0.3) is 5.91 Å². The SMILES string of the molecule is COc1ccccc1CN(C)C(=O)c1cc(N)cc(Br)c1. The van der Waals surface area contributed by atoms with Gasteiger partial charge in [0.1, 0.15) is 5.75 Å². The van der Waals surface area contributed by atoms with E-state index in [0.717, 1.165) is 15.8 Å². The van der Waals surface area contributed by atoms with Crippen molar-refractivity contribution in [3.05, 3.63) is 58.1 Å². The Kier molecular flexibility index (Phi) is 4.85. The number of nitrogen functional groups attached to an aromatic ring is 1. The van der Waals surface area contributed by atoms with Crippen LogP contribution in [0.1, 0.15) is 15.9 Å². The highest BCUT2D eigenvalue weighted by atomic mass is 79.9. The molecular formula is C16H17BrN2O2. The summed E-state index contributed by atoms with van der Waals surface area (Å²) in [6.07, 6.45) is 0. The molecule has 5 heteroatoms. The van der Waals surface area contributed by atoms with Crippen molar-refractivity contribution in [3.8, 4) is 5.75 Å². The molecule has 110 valence electrons. The fraction of sp³-hybridized carbons (Fsp3) is 0.188. The van der Waals surface area contributed by atoms with Gasteiger partial charge in [-0.25, -0.2) is 0 Å².